The number of rotatable bonds is 5. The molecule has 0 radical (unpaired) electrons. The van der Waals surface area contributed by atoms with Gasteiger partial charge in [-0.25, -0.2) is 9.18 Å². The van der Waals surface area contributed by atoms with Crippen LogP contribution < -0.4 is 10.6 Å². The van der Waals surface area contributed by atoms with Gasteiger partial charge in [-0.2, -0.15) is 0 Å². The first kappa shape index (κ1) is 19.1. The molecule has 1 atom stereocenters. The normalized spacial score (nSPS) is 11.5. The van der Waals surface area contributed by atoms with Crippen molar-refractivity contribution in [1.29, 1.82) is 0 Å². The number of carbonyl (C=O) groups excluding carboxylic acids is 1. The fourth-order valence-corrected chi connectivity index (χ4v) is 2.66. The highest BCUT2D eigenvalue weighted by Crippen LogP contribution is 2.22. The molecule has 25 heavy (non-hydrogen) atoms. The molecule has 0 aliphatic carbocycles. The molecule has 0 unspecified atom stereocenters. The van der Waals surface area contributed by atoms with Crippen LogP contribution in [-0.2, 0) is 4.74 Å². The Labute approximate surface area is 156 Å². The van der Waals surface area contributed by atoms with Crippen molar-refractivity contribution >= 4 is 40.6 Å². The third-order valence-corrected chi connectivity index (χ3v) is 3.99. The van der Waals surface area contributed by atoms with E-state index in [0.29, 0.717) is 15.8 Å². The Morgan fingerprint density at radius 3 is 2.60 bits per heavy atom. The van der Waals surface area contributed by atoms with Crippen LogP contribution in [0.5, 0.6) is 0 Å². The van der Waals surface area contributed by atoms with Gasteiger partial charge in [0.25, 0.3) is 0 Å². The maximum Gasteiger partial charge on any atom is 0.339 e. The SMILES string of the molecule is CCOC(=O)c1cc(NC(=S)N[C@@H](C)c2ccc(F)cc2)ccc1Cl. The van der Waals surface area contributed by atoms with E-state index in [9.17, 15) is 9.18 Å². The van der Waals surface area contributed by atoms with Gasteiger partial charge in [-0.15, -0.1) is 0 Å². The highest BCUT2D eigenvalue weighted by Gasteiger charge is 2.13. The summed E-state index contributed by atoms with van der Waals surface area (Å²) in [5, 5.41) is 6.78. The van der Waals surface area contributed by atoms with E-state index in [1.165, 1.54) is 12.1 Å². The highest BCUT2D eigenvalue weighted by atomic mass is 35.5. The van der Waals surface area contributed by atoms with Gasteiger partial charge >= 0.3 is 5.97 Å². The average Bonchev–Trinajstić information content (AvgIpc) is 2.57. The second kappa shape index (κ2) is 8.78. The molecule has 0 aliphatic heterocycles. The monoisotopic (exact) mass is 380 g/mol. The summed E-state index contributed by atoms with van der Waals surface area (Å²) in [6, 6.07) is 11.0. The van der Waals surface area contributed by atoms with Crippen LogP contribution in [0, 0.1) is 5.82 Å². The number of nitrogens with one attached hydrogen (secondary N) is 2. The number of hydrogen-bond donors (Lipinski definition) is 2. The average molecular weight is 381 g/mol. The standard InChI is InChI=1S/C18H18ClFN2O2S/c1-3-24-17(23)15-10-14(8-9-16(15)19)22-18(25)21-11(2)12-4-6-13(20)7-5-12/h4-11H,3H2,1-2H3,(H2,21,22,25)/t11-/m0/s1. The Morgan fingerprint density at radius 1 is 1.28 bits per heavy atom. The van der Waals surface area contributed by atoms with Crippen LogP contribution in [-0.4, -0.2) is 17.7 Å². The summed E-state index contributed by atoms with van der Waals surface area (Å²) < 4.78 is 18.0. The minimum absolute atomic E-state index is 0.113. The zero-order valence-electron chi connectivity index (χ0n) is 13.8. The molecule has 0 saturated carbocycles. The van der Waals surface area contributed by atoms with Gasteiger partial charge in [-0.05, 0) is 62.0 Å². The van der Waals surface area contributed by atoms with Crippen LogP contribution in [0.1, 0.15) is 35.8 Å². The summed E-state index contributed by atoms with van der Waals surface area (Å²) in [7, 11) is 0. The fraction of sp³-hybridized carbons (Fsp3) is 0.222. The van der Waals surface area contributed by atoms with E-state index in [2.05, 4.69) is 10.6 Å². The number of anilines is 1. The quantitative estimate of drug-likeness (QED) is 0.581. The Morgan fingerprint density at radius 2 is 1.96 bits per heavy atom. The van der Waals surface area contributed by atoms with Crippen LogP contribution in [0.4, 0.5) is 10.1 Å². The summed E-state index contributed by atoms with van der Waals surface area (Å²) in [6.07, 6.45) is 0. The first-order valence-electron chi connectivity index (χ1n) is 7.70. The van der Waals surface area contributed by atoms with Crippen LogP contribution in [0.25, 0.3) is 0 Å². The van der Waals surface area contributed by atoms with Crippen molar-refractivity contribution in [2.24, 2.45) is 0 Å². The van der Waals surface area contributed by atoms with E-state index in [0.717, 1.165) is 5.56 Å². The third kappa shape index (κ3) is 5.41. The summed E-state index contributed by atoms with van der Waals surface area (Å²) in [6.45, 7) is 3.90. The molecule has 0 aliphatic rings. The minimum atomic E-state index is -0.491. The van der Waals surface area contributed by atoms with E-state index in [1.807, 2.05) is 6.92 Å². The zero-order valence-corrected chi connectivity index (χ0v) is 15.4. The smallest absolute Gasteiger partial charge is 0.339 e. The maximum absolute atomic E-state index is 13.0. The number of hydrogen-bond acceptors (Lipinski definition) is 3. The summed E-state index contributed by atoms with van der Waals surface area (Å²) in [5.74, 6) is -0.779. The molecule has 0 heterocycles. The second-order valence-corrected chi connectivity index (χ2v) is 6.10. The summed E-state index contributed by atoms with van der Waals surface area (Å²) in [5.41, 5.74) is 1.77. The number of thiocarbonyl (C=S) groups is 1. The molecule has 2 N–H and O–H groups in total. The molecule has 4 nitrogen and oxygen atoms in total. The van der Waals surface area contributed by atoms with Gasteiger partial charge in [-0.1, -0.05) is 23.7 Å². The van der Waals surface area contributed by atoms with Crippen LogP contribution in [0.2, 0.25) is 5.02 Å². The Hall–Kier alpha value is -2.18. The predicted octanol–water partition coefficient (Wildman–Crippen LogP) is 4.70. The van der Waals surface area contributed by atoms with Crippen LogP contribution >= 0.6 is 23.8 Å². The lowest BCUT2D eigenvalue weighted by Gasteiger charge is -2.18. The molecule has 132 valence electrons. The third-order valence-electron chi connectivity index (χ3n) is 3.44. The van der Waals surface area contributed by atoms with Crippen molar-refractivity contribution in [2.75, 3.05) is 11.9 Å². The maximum atomic E-state index is 13.0. The predicted molar refractivity (Wildman–Crippen MR) is 102 cm³/mol. The Balaban J connectivity index is 2.03. The van der Waals surface area contributed by atoms with E-state index in [1.54, 1.807) is 37.3 Å². The molecular formula is C18H18ClFN2O2S. The number of esters is 1. The molecule has 2 rings (SSSR count). The van der Waals surface area contributed by atoms with Gasteiger partial charge < -0.3 is 15.4 Å². The fourth-order valence-electron chi connectivity index (χ4n) is 2.17. The highest BCUT2D eigenvalue weighted by molar-refractivity contribution is 7.80. The number of halogens is 2. The number of benzene rings is 2. The zero-order chi connectivity index (χ0) is 18.4. The molecule has 0 fully saturated rings. The first-order valence-corrected chi connectivity index (χ1v) is 8.49. The van der Waals surface area contributed by atoms with E-state index in [4.69, 9.17) is 28.6 Å². The molecule has 2 aromatic rings. The van der Waals surface area contributed by atoms with E-state index in [-0.39, 0.29) is 24.0 Å². The van der Waals surface area contributed by atoms with Gasteiger partial charge in [0.05, 0.1) is 23.2 Å². The molecular weight excluding hydrogens is 363 g/mol. The minimum Gasteiger partial charge on any atom is -0.462 e. The Kier molecular flexibility index (Phi) is 6.73. The second-order valence-electron chi connectivity index (χ2n) is 5.29. The van der Waals surface area contributed by atoms with Crippen LogP contribution in [0.3, 0.4) is 0 Å². The largest absolute Gasteiger partial charge is 0.462 e. The van der Waals surface area contributed by atoms with Crippen LogP contribution in [0.15, 0.2) is 42.5 Å². The Bertz CT molecular complexity index is 768. The topological polar surface area (TPSA) is 50.4 Å². The number of carbonyl (C=O) groups is 1. The molecule has 0 spiro atoms. The van der Waals surface area contributed by atoms with Gasteiger partial charge in [0.15, 0.2) is 5.11 Å². The molecule has 0 saturated heterocycles. The lowest BCUT2D eigenvalue weighted by atomic mass is 10.1. The van der Waals surface area contributed by atoms with Crippen molar-refractivity contribution in [1.82, 2.24) is 5.32 Å². The molecule has 2 aromatic carbocycles. The van der Waals surface area contributed by atoms with Crippen molar-refractivity contribution in [2.45, 2.75) is 19.9 Å². The van der Waals surface area contributed by atoms with Crippen molar-refractivity contribution < 1.29 is 13.9 Å². The lowest BCUT2D eigenvalue weighted by molar-refractivity contribution is 0.0526. The molecule has 0 aromatic heterocycles. The van der Waals surface area contributed by atoms with Crippen molar-refractivity contribution in [3.05, 3.63) is 64.4 Å². The van der Waals surface area contributed by atoms with Gasteiger partial charge in [0.1, 0.15) is 5.82 Å². The van der Waals surface area contributed by atoms with Gasteiger partial charge in [-0.3, -0.25) is 0 Å². The molecule has 7 heteroatoms. The van der Waals surface area contributed by atoms with Gasteiger partial charge in [0, 0.05) is 5.69 Å². The van der Waals surface area contributed by atoms with E-state index >= 15 is 0 Å². The number of ether oxygens (including phenoxy) is 1. The molecule has 0 bridgehead atoms. The summed E-state index contributed by atoms with van der Waals surface area (Å²) in [4.78, 5) is 11.9. The van der Waals surface area contributed by atoms with Crippen molar-refractivity contribution in [3.63, 3.8) is 0 Å². The van der Waals surface area contributed by atoms with Crippen molar-refractivity contribution in [3.8, 4) is 0 Å². The summed E-state index contributed by atoms with van der Waals surface area (Å²) >= 11 is 11.3. The first-order chi connectivity index (χ1) is 11.9. The lowest BCUT2D eigenvalue weighted by Crippen LogP contribution is -2.31. The van der Waals surface area contributed by atoms with E-state index < -0.39 is 5.97 Å². The molecule has 0 amide bonds. The van der Waals surface area contributed by atoms with Gasteiger partial charge in [0.2, 0.25) is 0 Å².